The number of sulfonamides is 1. The van der Waals surface area contributed by atoms with E-state index in [1.54, 1.807) is 18.2 Å². The third-order valence-corrected chi connectivity index (χ3v) is 6.47. The van der Waals surface area contributed by atoms with Gasteiger partial charge >= 0.3 is 0 Å². The molecule has 0 aliphatic heterocycles. The van der Waals surface area contributed by atoms with Gasteiger partial charge in [-0.25, -0.2) is 8.42 Å². The van der Waals surface area contributed by atoms with Gasteiger partial charge in [0.15, 0.2) is 5.82 Å². The summed E-state index contributed by atoms with van der Waals surface area (Å²) in [5.74, 6) is 0.503. The highest BCUT2D eigenvalue weighted by atomic mass is 32.2. The molecule has 180 valence electrons. The number of methoxy groups -OCH3 is 2. The molecule has 34 heavy (non-hydrogen) atoms. The number of hydrogen-bond acceptors (Lipinski definition) is 8. The van der Waals surface area contributed by atoms with Crippen LogP contribution < -0.4 is 20.1 Å². The number of amides is 2. The maximum absolute atomic E-state index is 12.8. The second-order valence-corrected chi connectivity index (χ2v) is 9.13. The minimum Gasteiger partial charge on any atom is -0.497 e. The predicted octanol–water partition coefficient (Wildman–Crippen LogP) is 1.71. The number of hydrogen-bond donors (Lipinski definition) is 3. The molecule has 0 saturated carbocycles. The Morgan fingerprint density at radius 1 is 1.06 bits per heavy atom. The van der Waals surface area contributed by atoms with E-state index < -0.39 is 22.5 Å². The average molecular weight is 489 g/mol. The van der Waals surface area contributed by atoms with Crippen molar-refractivity contribution in [3.05, 3.63) is 42.5 Å². The van der Waals surface area contributed by atoms with Crippen LogP contribution in [0.25, 0.3) is 11.4 Å². The van der Waals surface area contributed by atoms with Crippen molar-refractivity contribution in [2.45, 2.75) is 11.8 Å². The van der Waals surface area contributed by atoms with Crippen molar-refractivity contribution in [1.82, 2.24) is 19.5 Å². The fourth-order valence-electron chi connectivity index (χ4n) is 2.98. The van der Waals surface area contributed by atoms with Crippen LogP contribution in [0.4, 0.5) is 11.6 Å². The lowest BCUT2D eigenvalue weighted by molar-refractivity contribution is -0.116. The molecule has 0 aliphatic carbocycles. The van der Waals surface area contributed by atoms with Gasteiger partial charge in [0.2, 0.25) is 27.8 Å². The highest BCUT2D eigenvalue weighted by molar-refractivity contribution is 7.89. The number of carbonyl (C=O) groups excluding carboxylic acids is 2. The molecule has 2 aromatic carbocycles. The Bertz CT molecular complexity index is 1290. The molecule has 3 rings (SSSR count). The maximum atomic E-state index is 12.8. The zero-order chi connectivity index (χ0) is 24.9. The molecule has 1 aromatic heterocycles. The van der Waals surface area contributed by atoms with Crippen molar-refractivity contribution in [2.24, 2.45) is 0 Å². The molecule has 12 nitrogen and oxygen atoms in total. The quantitative estimate of drug-likeness (QED) is 0.411. The van der Waals surface area contributed by atoms with Crippen LogP contribution in [0.15, 0.2) is 47.4 Å². The summed E-state index contributed by atoms with van der Waals surface area (Å²) in [6.45, 7) is 0.882. The van der Waals surface area contributed by atoms with E-state index in [0.29, 0.717) is 28.6 Å². The molecule has 0 fully saturated rings. The normalized spacial score (nSPS) is 11.2. The van der Waals surface area contributed by atoms with Gasteiger partial charge in [-0.1, -0.05) is 0 Å². The summed E-state index contributed by atoms with van der Waals surface area (Å²) < 4.78 is 36.9. The van der Waals surface area contributed by atoms with Crippen LogP contribution in [-0.4, -0.2) is 67.5 Å². The number of ether oxygens (including phenoxy) is 2. The number of carbonyl (C=O) groups is 2. The fourth-order valence-corrected chi connectivity index (χ4v) is 4.10. The molecule has 0 aliphatic rings. The van der Waals surface area contributed by atoms with Gasteiger partial charge in [-0.15, -0.1) is 5.10 Å². The number of H-pyrrole nitrogens is 1. The first-order valence-corrected chi connectivity index (χ1v) is 11.4. The summed E-state index contributed by atoms with van der Waals surface area (Å²) in [6, 6.07) is 10.7. The zero-order valence-electron chi connectivity index (χ0n) is 18.9. The first kappa shape index (κ1) is 24.7. The number of nitrogens with one attached hydrogen (secondary N) is 3. The van der Waals surface area contributed by atoms with E-state index in [4.69, 9.17) is 9.47 Å². The Labute approximate surface area is 196 Å². The minimum atomic E-state index is -3.94. The molecular formula is C21H24N6O6S. The van der Waals surface area contributed by atoms with E-state index in [-0.39, 0.29) is 16.8 Å². The molecule has 0 spiro atoms. The van der Waals surface area contributed by atoms with E-state index in [2.05, 4.69) is 25.8 Å². The van der Waals surface area contributed by atoms with Gasteiger partial charge in [-0.05, 0) is 36.4 Å². The van der Waals surface area contributed by atoms with Crippen LogP contribution in [0.2, 0.25) is 0 Å². The topological polar surface area (TPSA) is 156 Å². The smallest absolute Gasteiger partial charge is 0.249 e. The van der Waals surface area contributed by atoms with E-state index >= 15 is 0 Å². The second-order valence-electron chi connectivity index (χ2n) is 7.09. The number of likely N-dealkylation sites (N-methyl/N-ethyl adjacent to an activating group) is 1. The molecular weight excluding hydrogens is 464 g/mol. The molecule has 0 saturated heterocycles. The SMILES string of the molecule is COc1ccc(-c2nc(NC(=O)CN(C)S(=O)(=O)c3ccc(NC(C)=O)cc3)n[nH]2)c(OC)c1. The van der Waals surface area contributed by atoms with Crippen LogP contribution in [0, 0.1) is 0 Å². The van der Waals surface area contributed by atoms with E-state index in [9.17, 15) is 18.0 Å². The Morgan fingerprint density at radius 2 is 1.76 bits per heavy atom. The van der Waals surface area contributed by atoms with Crippen LogP contribution in [0.5, 0.6) is 11.5 Å². The van der Waals surface area contributed by atoms with Gasteiger partial charge in [-0.2, -0.15) is 9.29 Å². The van der Waals surface area contributed by atoms with Gasteiger partial charge in [0.05, 0.1) is 31.2 Å². The van der Waals surface area contributed by atoms with Crippen LogP contribution in [0.1, 0.15) is 6.92 Å². The summed E-state index contributed by atoms with van der Waals surface area (Å²) in [7, 11) is 0.375. The third-order valence-electron chi connectivity index (χ3n) is 4.65. The molecule has 13 heteroatoms. The number of nitrogens with zero attached hydrogens (tertiary/aromatic N) is 3. The van der Waals surface area contributed by atoms with Crippen molar-refractivity contribution in [3.63, 3.8) is 0 Å². The Balaban J connectivity index is 1.67. The summed E-state index contributed by atoms with van der Waals surface area (Å²) in [5, 5.41) is 11.7. The lowest BCUT2D eigenvalue weighted by Gasteiger charge is -2.16. The van der Waals surface area contributed by atoms with Crippen molar-refractivity contribution in [3.8, 4) is 22.9 Å². The van der Waals surface area contributed by atoms with Gasteiger partial charge in [0, 0.05) is 25.7 Å². The van der Waals surface area contributed by atoms with Gasteiger partial charge in [-0.3, -0.25) is 20.0 Å². The number of rotatable bonds is 9. The Hall–Kier alpha value is -3.97. The monoisotopic (exact) mass is 488 g/mol. The zero-order valence-corrected chi connectivity index (χ0v) is 19.8. The minimum absolute atomic E-state index is 0.0244. The molecule has 2 amide bonds. The van der Waals surface area contributed by atoms with Gasteiger partial charge < -0.3 is 14.8 Å². The molecule has 0 atom stereocenters. The lowest BCUT2D eigenvalue weighted by Crippen LogP contribution is -2.35. The number of anilines is 2. The summed E-state index contributed by atoms with van der Waals surface area (Å²) in [5.41, 5.74) is 1.06. The standard InChI is InChI=1S/C21H24N6O6S/c1-13(28)22-14-5-8-16(9-6-14)34(30,31)27(2)12-19(29)23-21-24-20(25-26-21)17-10-7-15(32-3)11-18(17)33-4/h5-11H,12H2,1-4H3,(H,22,28)(H2,23,24,25,26,29). The van der Waals surface area contributed by atoms with Gasteiger partial charge in [0.25, 0.3) is 0 Å². The van der Waals surface area contributed by atoms with Gasteiger partial charge in [0.1, 0.15) is 11.5 Å². The van der Waals surface area contributed by atoms with Crippen molar-refractivity contribution in [2.75, 3.05) is 38.4 Å². The van der Waals surface area contributed by atoms with Crippen molar-refractivity contribution < 1.29 is 27.5 Å². The first-order chi connectivity index (χ1) is 16.1. The predicted molar refractivity (Wildman–Crippen MR) is 124 cm³/mol. The number of aromatic amines is 1. The molecule has 0 unspecified atom stereocenters. The highest BCUT2D eigenvalue weighted by Gasteiger charge is 2.24. The number of benzene rings is 2. The Kier molecular flexibility index (Phi) is 7.48. The highest BCUT2D eigenvalue weighted by Crippen LogP contribution is 2.31. The van der Waals surface area contributed by atoms with E-state index in [1.165, 1.54) is 52.5 Å². The van der Waals surface area contributed by atoms with Crippen LogP contribution in [0.3, 0.4) is 0 Å². The molecule has 0 bridgehead atoms. The molecule has 0 radical (unpaired) electrons. The van der Waals surface area contributed by atoms with Crippen molar-refractivity contribution >= 4 is 33.5 Å². The van der Waals surface area contributed by atoms with Crippen LogP contribution >= 0.6 is 0 Å². The summed E-state index contributed by atoms with van der Waals surface area (Å²) >= 11 is 0. The summed E-state index contributed by atoms with van der Waals surface area (Å²) in [4.78, 5) is 27.7. The first-order valence-electron chi connectivity index (χ1n) is 9.92. The largest absolute Gasteiger partial charge is 0.497 e. The van der Waals surface area contributed by atoms with Crippen LogP contribution in [-0.2, 0) is 19.6 Å². The van der Waals surface area contributed by atoms with E-state index in [1.807, 2.05) is 0 Å². The number of aromatic nitrogens is 3. The average Bonchev–Trinajstić information content (AvgIpc) is 3.26. The van der Waals surface area contributed by atoms with E-state index in [0.717, 1.165) is 4.31 Å². The second kappa shape index (κ2) is 10.3. The lowest BCUT2D eigenvalue weighted by atomic mass is 10.2. The molecule has 3 N–H and O–H groups in total. The summed E-state index contributed by atoms with van der Waals surface area (Å²) in [6.07, 6.45) is 0. The Morgan fingerprint density at radius 3 is 2.38 bits per heavy atom. The third kappa shape index (κ3) is 5.68. The molecule has 1 heterocycles. The maximum Gasteiger partial charge on any atom is 0.249 e. The fraction of sp³-hybridized carbons (Fsp3) is 0.238. The van der Waals surface area contributed by atoms with Crippen molar-refractivity contribution in [1.29, 1.82) is 0 Å². The molecule has 3 aromatic rings.